The van der Waals surface area contributed by atoms with Crippen molar-refractivity contribution in [3.8, 4) is 17.2 Å². The number of hydrogen-bond acceptors (Lipinski definition) is 6. The van der Waals surface area contributed by atoms with Gasteiger partial charge < -0.3 is 14.2 Å². The zero-order valence-corrected chi connectivity index (χ0v) is 13.7. The number of nitrogens with one attached hydrogen (secondary N) is 1. The highest BCUT2D eigenvalue weighted by Crippen LogP contribution is 2.32. The molecule has 2 aromatic rings. The summed E-state index contributed by atoms with van der Waals surface area (Å²) in [6, 6.07) is 5.41. The van der Waals surface area contributed by atoms with Crippen LogP contribution in [-0.2, 0) is 6.18 Å². The summed E-state index contributed by atoms with van der Waals surface area (Å²) in [5.41, 5.74) is 2.25. The molecule has 1 aromatic carbocycles. The van der Waals surface area contributed by atoms with Crippen LogP contribution in [0.1, 0.15) is 11.1 Å². The van der Waals surface area contributed by atoms with Crippen LogP contribution in [0.25, 0.3) is 0 Å². The molecule has 0 saturated carbocycles. The van der Waals surface area contributed by atoms with Crippen LogP contribution in [0.4, 0.5) is 19.0 Å². The van der Waals surface area contributed by atoms with Crippen LogP contribution < -0.4 is 19.6 Å². The number of nitrogens with zero attached hydrogens (tertiary/aromatic N) is 2. The van der Waals surface area contributed by atoms with E-state index in [1.54, 1.807) is 12.1 Å². The molecule has 2 rings (SSSR count). The van der Waals surface area contributed by atoms with Gasteiger partial charge in [0.2, 0.25) is 0 Å². The predicted octanol–water partition coefficient (Wildman–Crippen LogP) is 3.57. The van der Waals surface area contributed by atoms with Crippen molar-refractivity contribution < 1.29 is 27.4 Å². The lowest BCUT2D eigenvalue weighted by molar-refractivity contribution is -0.137. The zero-order valence-electron chi connectivity index (χ0n) is 13.7. The highest BCUT2D eigenvalue weighted by Gasteiger charge is 2.30. The van der Waals surface area contributed by atoms with Crippen molar-refractivity contribution in [2.45, 2.75) is 6.18 Å². The van der Waals surface area contributed by atoms with Crippen LogP contribution in [-0.4, -0.2) is 32.5 Å². The molecule has 0 unspecified atom stereocenters. The summed E-state index contributed by atoms with van der Waals surface area (Å²) < 4.78 is 53.2. The summed E-state index contributed by atoms with van der Waals surface area (Å²) >= 11 is 0. The van der Waals surface area contributed by atoms with Crippen LogP contribution in [0.3, 0.4) is 0 Å². The van der Waals surface area contributed by atoms with E-state index in [4.69, 9.17) is 14.2 Å². The van der Waals surface area contributed by atoms with E-state index in [-0.39, 0.29) is 5.82 Å². The third-order valence-electron chi connectivity index (χ3n) is 3.22. The molecule has 1 N–H and O–H groups in total. The minimum atomic E-state index is -4.43. The second-order valence-electron chi connectivity index (χ2n) is 4.75. The van der Waals surface area contributed by atoms with Crippen LogP contribution in [0.2, 0.25) is 0 Å². The van der Waals surface area contributed by atoms with Crippen molar-refractivity contribution in [1.82, 2.24) is 4.98 Å². The fraction of sp³-hybridized carbons (Fsp3) is 0.250. The molecule has 0 aliphatic heterocycles. The SMILES string of the molecule is COc1cc(OC)c(/C=N\Nc2ccc(C(F)(F)F)cn2)c(OC)c1. The lowest BCUT2D eigenvalue weighted by atomic mass is 10.2. The first-order chi connectivity index (χ1) is 11.9. The molecule has 6 nitrogen and oxygen atoms in total. The summed E-state index contributed by atoms with van der Waals surface area (Å²) in [5, 5.41) is 3.96. The molecular formula is C16H16F3N3O3. The molecule has 0 aliphatic rings. The Morgan fingerprint density at radius 3 is 2.12 bits per heavy atom. The van der Waals surface area contributed by atoms with Gasteiger partial charge in [-0.3, -0.25) is 5.43 Å². The minimum absolute atomic E-state index is 0.163. The van der Waals surface area contributed by atoms with Crippen molar-refractivity contribution in [3.63, 3.8) is 0 Å². The second kappa shape index (κ2) is 7.73. The van der Waals surface area contributed by atoms with Crippen LogP contribution >= 0.6 is 0 Å². The van der Waals surface area contributed by atoms with Crippen molar-refractivity contribution in [2.75, 3.05) is 26.8 Å². The molecule has 1 heterocycles. The molecule has 25 heavy (non-hydrogen) atoms. The normalized spacial score (nSPS) is 11.4. The number of anilines is 1. The number of methoxy groups -OCH3 is 3. The van der Waals surface area contributed by atoms with Crippen LogP contribution in [0, 0.1) is 0 Å². The molecule has 0 saturated heterocycles. The topological polar surface area (TPSA) is 65.0 Å². The van der Waals surface area contributed by atoms with E-state index in [0.29, 0.717) is 22.8 Å². The molecule has 0 aliphatic carbocycles. The standard InChI is InChI=1S/C16H16F3N3O3/c1-23-11-6-13(24-2)12(14(7-11)25-3)9-21-22-15-5-4-10(8-20-15)16(17,18)19/h4-9H,1-3H3,(H,20,22)/b21-9-. The van der Waals surface area contributed by atoms with E-state index in [1.807, 2.05) is 0 Å². The summed E-state index contributed by atoms with van der Waals surface area (Å²) in [7, 11) is 4.48. The molecule has 0 spiro atoms. The molecule has 0 radical (unpaired) electrons. The number of hydrazone groups is 1. The van der Waals surface area contributed by atoms with Gasteiger partial charge >= 0.3 is 6.18 Å². The summed E-state index contributed by atoms with van der Waals surface area (Å²) in [6.07, 6.45) is -2.29. The van der Waals surface area contributed by atoms with E-state index in [1.165, 1.54) is 33.6 Å². The van der Waals surface area contributed by atoms with Gasteiger partial charge in [-0.05, 0) is 12.1 Å². The van der Waals surface area contributed by atoms with E-state index in [0.717, 1.165) is 12.3 Å². The fourth-order valence-corrected chi connectivity index (χ4v) is 1.95. The molecule has 0 atom stereocenters. The van der Waals surface area contributed by atoms with E-state index < -0.39 is 11.7 Å². The summed E-state index contributed by atoms with van der Waals surface area (Å²) in [6.45, 7) is 0. The van der Waals surface area contributed by atoms with E-state index in [9.17, 15) is 13.2 Å². The molecule has 0 amide bonds. The van der Waals surface area contributed by atoms with Gasteiger partial charge in [-0.2, -0.15) is 18.3 Å². The number of hydrogen-bond donors (Lipinski definition) is 1. The van der Waals surface area contributed by atoms with Gasteiger partial charge in [0.15, 0.2) is 0 Å². The molecule has 9 heteroatoms. The maximum Gasteiger partial charge on any atom is 0.417 e. The number of halogens is 3. The van der Waals surface area contributed by atoms with Gasteiger partial charge in [-0.25, -0.2) is 4.98 Å². The molecule has 1 aromatic heterocycles. The molecule has 134 valence electrons. The Balaban J connectivity index is 2.19. The van der Waals surface area contributed by atoms with Crippen LogP contribution in [0.15, 0.2) is 35.6 Å². The number of rotatable bonds is 6. The fourth-order valence-electron chi connectivity index (χ4n) is 1.95. The van der Waals surface area contributed by atoms with Crippen molar-refractivity contribution >= 4 is 12.0 Å². The largest absolute Gasteiger partial charge is 0.496 e. The number of benzene rings is 1. The first-order valence-electron chi connectivity index (χ1n) is 7.01. The number of pyridine rings is 1. The van der Waals surface area contributed by atoms with Crippen LogP contribution in [0.5, 0.6) is 17.2 Å². The third-order valence-corrected chi connectivity index (χ3v) is 3.22. The number of ether oxygens (including phenoxy) is 3. The lowest BCUT2D eigenvalue weighted by Crippen LogP contribution is -2.05. The van der Waals surface area contributed by atoms with Gasteiger partial charge in [-0.15, -0.1) is 0 Å². The van der Waals surface area contributed by atoms with E-state index in [2.05, 4.69) is 15.5 Å². The Morgan fingerprint density at radius 2 is 1.68 bits per heavy atom. The number of aromatic nitrogens is 1. The monoisotopic (exact) mass is 355 g/mol. The Bertz CT molecular complexity index is 722. The second-order valence-corrected chi connectivity index (χ2v) is 4.75. The third kappa shape index (κ3) is 4.52. The van der Waals surface area contributed by atoms with Gasteiger partial charge in [0.1, 0.15) is 23.1 Å². The quantitative estimate of drug-likeness (QED) is 0.634. The maximum absolute atomic E-state index is 12.5. The van der Waals surface area contributed by atoms with Gasteiger partial charge in [0.05, 0.1) is 38.7 Å². The smallest absolute Gasteiger partial charge is 0.417 e. The van der Waals surface area contributed by atoms with Gasteiger partial charge in [0.25, 0.3) is 0 Å². The summed E-state index contributed by atoms with van der Waals surface area (Å²) in [4.78, 5) is 3.66. The predicted molar refractivity (Wildman–Crippen MR) is 86.6 cm³/mol. The lowest BCUT2D eigenvalue weighted by Gasteiger charge is -2.12. The Labute approximate surface area is 142 Å². The zero-order chi connectivity index (χ0) is 18.4. The molecule has 0 bridgehead atoms. The maximum atomic E-state index is 12.5. The van der Waals surface area contributed by atoms with Crippen molar-refractivity contribution in [1.29, 1.82) is 0 Å². The molecule has 0 fully saturated rings. The average Bonchev–Trinajstić information content (AvgIpc) is 2.61. The minimum Gasteiger partial charge on any atom is -0.496 e. The molecular weight excluding hydrogens is 339 g/mol. The Hall–Kier alpha value is -2.97. The van der Waals surface area contributed by atoms with Crippen molar-refractivity contribution in [3.05, 3.63) is 41.6 Å². The first-order valence-corrected chi connectivity index (χ1v) is 7.01. The van der Waals surface area contributed by atoms with E-state index >= 15 is 0 Å². The highest BCUT2D eigenvalue weighted by molar-refractivity contribution is 5.88. The average molecular weight is 355 g/mol. The van der Waals surface area contributed by atoms with Gasteiger partial charge in [0, 0.05) is 18.3 Å². The van der Waals surface area contributed by atoms with Gasteiger partial charge in [-0.1, -0.05) is 0 Å². The summed E-state index contributed by atoms with van der Waals surface area (Å²) in [5.74, 6) is 1.63. The Kier molecular flexibility index (Phi) is 5.68. The number of alkyl halides is 3. The Morgan fingerprint density at radius 1 is 1.04 bits per heavy atom. The first kappa shape index (κ1) is 18.4. The van der Waals surface area contributed by atoms with Crippen molar-refractivity contribution in [2.24, 2.45) is 5.10 Å². The highest BCUT2D eigenvalue weighted by atomic mass is 19.4.